The molecule has 0 aromatic heterocycles. The molecule has 3 nitrogen and oxygen atoms in total. The van der Waals surface area contributed by atoms with Crippen LogP contribution in [0.5, 0.6) is 0 Å². The van der Waals surface area contributed by atoms with Gasteiger partial charge in [0.15, 0.2) is 0 Å². The van der Waals surface area contributed by atoms with Crippen molar-refractivity contribution in [3.05, 3.63) is 35.8 Å². The molecule has 0 N–H and O–H groups in total. The van der Waals surface area contributed by atoms with Gasteiger partial charge in [0.1, 0.15) is 5.84 Å². The largest absolute Gasteiger partial charge is 0.369 e. The van der Waals surface area contributed by atoms with Gasteiger partial charge in [0.25, 0.3) is 0 Å². The predicted molar refractivity (Wildman–Crippen MR) is 93.5 cm³/mol. The lowest BCUT2D eigenvalue weighted by Gasteiger charge is -2.47. The molecule has 0 aromatic carbocycles. The molecule has 22 heavy (non-hydrogen) atoms. The maximum Gasteiger partial charge on any atom is 0.110 e. The number of allylic oxidation sites excluding steroid dienone is 1. The molecule has 3 aliphatic rings. The number of likely N-dealkylation sites (N-methyl/N-ethyl adjacent to an activating group) is 1. The minimum Gasteiger partial charge on any atom is -0.369 e. The van der Waals surface area contributed by atoms with Crippen molar-refractivity contribution in [1.29, 1.82) is 0 Å². The molecule has 0 spiro atoms. The second-order valence-corrected chi connectivity index (χ2v) is 7.66. The van der Waals surface area contributed by atoms with E-state index in [9.17, 15) is 0 Å². The van der Waals surface area contributed by atoms with Crippen LogP contribution in [0.3, 0.4) is 0 Å². The Morgan fingerprint density at radius 1 is 1.27 bits per heavy atom. The zero-order chi connectivity index (χ0) is 16.1. The van der Waals surface area contributed by atoms with Gasteiger partial charge in [-0.2, -0.15) is 0 Å². The lowest BCUT2D eigenvalue weighted by molar-refractivity contribution is 0.226. The van der Waals surface area contributed by atoms with Gasteiger partial charge >= 0.3 is 0 Å². The number of hydrogen-bond donors (Lipinski definition) is 0. The standard InChI is InChI=1S/C19H29N3/c1-13-12-22-17(11-19(5)9-7-8-10-19)20-15(3)14(2)18(22)16(4)21(13)6/h13H,3-4,7-12H2,1-2,5-6H3. The Bertz CT molecular complexity index is 575. The summed E-state index contributed by atoms with van der Waals surface area (Å²) in [5, 5.41) is 0. The molecule has 1 saturated heterocycles. The van der Waals surface area contributed by atoms with Gasteiger partial charge in [-0.05, 0) is 37.7 Å². The van der Waals surface area contributed by atoms with Crippen LogP contribution in [0.25, 0.3) is 0 Å². The highest BCUT2D eigenvalue weighted by Gasteiger charge is 2.38. The monoisotopic (exact) mass is 299 g/mol. The summed E-state index contributed by atoms with van der Waals surface area (Å²) < 4.78 is 0. The summed E-state index contributed by atoms with van der Waals surface area (Å²) in [5.41, 5.74) is 4.82. The summed E-state index contributed by atoms with van der Waals surface area (Å²) in [7, 11) is 2.14. The zero-order valence-corrected chi connectivity index (χ0v) is 14.6. The van der Waals surface area contributed by atoms with Gasteiger partial charge in [-0.15, -0.1) is 0 Å². The van der Waals surface area contributed by atoms with Crippen LogP contribution >= 0.6 is 0 Å². The number of amidine groups is 1. The van der Waals surface area contributed by atoms with Crippen molar-refractivity contribution in [2.45, 2.75) is 58.9 Å². The molecule has 1 unspecified atom stereocenters. The van der Waals surface area contributed by atoms with Crippen LogP contribution in [0.1, 0.15) is 52.9 Å². The van der Waals surface area contributed by atoms with Crippen LogP contribution < -0.4 is 0 Å². The van der Waals surface area contributed by atoms with E-state index >= 15 is 0 Å². The normalized spacial score (nSPS) is 28.2. The molecule has 1 aliphatic carbocycles. The maximum absolute atomic E-state index is 4.88. The van der Waals surface area contributed by atoms with Crippen molar-refractivity contribution in [2.24, 2.45) is 10.4 Å². The third-order valence-corrected chi connectivity index (χ3v) is 5.84. The highest BCUT2D eigenvalue weighted by Crippen LogP contribution is 2.43. The van der Waals surface area contributed by atoms with E-state index in [1.165, 1.54) is 42.8 Å². The lowest BCUT2D eigenvalue weighted by atomic mass is 9.83. The van der Waals surface area contributed by atoms with Crippen molar-refractivity contribution < 1.29 is 0 Å². The van der Waals surface area contributed by atoms with E-state index < -0.39 is 0 Å². The Kier molecular flexibility index (Phi) is 3.70. The molecule has 2 heterocycles. The van der Waals surface area contributed by atoms with E-state index in [0.717, 1.165) is 24.4 Å². The highest BCUT2D eigenvalue weighted by atomic mass is 15.3. The SMILES string of the molecule is C=C1N=C(CC2(C)CCCC2)N2CC(C)N(C)C(=C)C2=C1C. The van der Waals surface area contributed by atoms with Crippen molar-refractivity contribution in [3.63, 3.8) is 0 Å². The molecule has 120 valence electrons. The molecule has 0 amide bonds. The number of piperazine rings is 1. The van der Waals surface area contributed by atoms with Gasteiger partial charge in [0.05, 0.1) is 17.1 Å². The second-order valence-electron chi connectivity index (χ2n) is 7.66. The number of hydrogen-bond acceptors (Lipinski definition) is 3. The molecule has 0 aromatic rings. The van der Waals surface area contributed by atoms with E-state index in [2.05, 4.69) is 50.8 Å². The first-order chi connectivity index (χ1) is 10.3. The first-order valence-corrected chi connectivity index (χ1v) is 8.50. The third-order valence-electron chi connectivity index (χ3n) is 5.84. The molecule has 0 radical (unpaired) electrons. The molecule has 1 saturated carbocycles. The van der Waals surface area contributed by atoms with Crippen LogP contribution in [-0.2, 0) is 0 Å². The summed E-state index contributed by atoms with van der Waals surface area (Å²) in [6.07, 6.45) is 6.42. The summed E-state index contributed by atoms with van der Waals surface area (Å²) >= 11 is 0. The Balaban J connectivity index is 1.94. The van der Waals surface area contributed by atoms with Gasteiger partial charge in [0.2, 0.25) is 0 Å². The predicted octanol–water partition coefficient (Wildman–Crippen LogP) is 4.31. The number of rotatable bonds is 2. The topological polar surface area (TPSA) is 18.8 Å². The van der Waals surface area contributed by atoms with E-state index in [1.54, 1.807) is 0 Å². The average molecular weight is 299 g/mol. The minimum atomic E-state index is 0.406. The number of nitrogens with zero attached hydrogens (tertiary/aromatic N) is 3. The molecule has 2 aliphatic heterocycles. The van der Waals surface area contributed by atoms with Crippen LogP contribution in [0.15, 0.2) is 40.8 Å². The van der Waals surface area contributed by atoms with Gasteiger partial charge in [-0.3, -0.25) is 0 Å². The molecular weight excluding hydrogens is 270 g/mol. The summed E-state index contributed by atoms with van der Waals surface area (Å²) in [4.78, 5) is 9.58. The van der Waals surface area contributed by atoms with Gasteiger partial charge in [-0.1, -0.05) is 32.9 Å². The Morgan fingerprint density at radius 3 is 2.55 bits per heavy atom. The molecular formula is C19H29N3. The Labute approximate surface area is 135 Å². The van der Waals surface area contributed by atoms with Crippen molar-refractivity contribution in [2.75, 3.05) is 13.6 Å². The molecule has 3 rings (SSSR count). The zero-order valence-electron chi connectivity index (χ0n) is 14.6. The van der Waals surface area contributed by atoms with Crippen LogP contribution in [0.2, 0.25) is 0 Å². The molecule has 1 atom stereocenters. The number of fused-ring (bicyclic) bond motifs is 1. The van der Waals surface area contributed by atoms with E-state index in [1.807, 2.05) is 0 Å². The van der Waals surface area contributed by atoms with Crippen molar-refractivity contribution in [3.8, 4) is 0 Å². The fourth-order valence-corrected chi connectivity index (χ4v) is 4.08. The fraction of sp³-hybridized carbons (Fsp3) is 0.632. The summed E-state index contributed by atoms with van der Waals surface area (Å²) in [6, 6.07) is 0.456. The van der Waals surface area contributed by atoms with Crippen molar-refractivity contribution >= 4 is 5.84 Å². The summed E-state index contributed by atoms with van der Waals surface area (Å²) in [5.74, 6) is 1.20. The third kappa shape index (κ3) is 2.41. The molecule has 3 heteroatoms. The Hall–Kier alpha value is -1.51. The summed E-state index contributed by atoms with van der Waals surface area (Å²) in [6.45, 7) is 16.3. The van der Waals surface area contributed by atoms with Crippen molar-refractivity contribution in [1.82, 2.24) is 9.80 Å². The van der Waals surface area contributed by atoms with Crippen LogP contribution in [0.4, 0.5) is 0 Å². The minimum absolute atomic E-state index is 0.406. The molecule has 0 bridgehead atoms. The quantitative estimate of drug-likeness (QED) is 0.757. The van der Waals surface area contributed by atoms with Crippen LogP contribution in [0, 0.1) is 5.41 Å². The Morgan fingerprint density at radius 2 is 1.91 bits per heavy atom. The average Bonchev–Trinajstić information content (AvgIpc) is 2.88. The van der Waals surface area contributed by atoms with Gasteiger partial charge in [0, 0.05) is 26.1 Å². The fourth-order valence-electron chi connectivity index (χ4n) is 4.08. The maximum atomic E-state index is 4.88. The van der Waals surface area contributed by atoms with E-state index in [-0.39, 0.29) is 0 Å². The first-order valence-electron chi connectivity index (χ1n) is 8.50. The number of aliphatic imine (C=N–C) groups is 1. The lowest BCUT2D eigenvalue weighted by Crippen LogP contribution is -2.51. The molecule has 2 fully saturated rings. The van der Waals surface area contributed by atoms with E-state index in [0.29, 0.717) is 11.5 Å². The van der Waals surface area contributed by atoms with Gasteiger partial charge < -0.3 is 9.80 Å². The second kappa shape index (κ2) is 5.29. The van der Waals surface area contributed by atoms with Crippen LogP contribution in [-0.4, -0.2) is 35.3 Å². The smallest absolute Gasteiger partial charge is 0.110 e. The van der Waals surface area contributed by atoms with E-state index in [4.69, 9.17) is 4.99 Å². The van der Waals surface area contributed by atoms with Gasteiger partial charge in [-0.25, -0.2) is 4.99 Å². The highest BCUT2D eigenvalue weighted by molar-refractivity contribution is 5.88. The first kappa shape index (κ1) is 15.4.